The summed E-state index contributed by atoms with van der Waals surface area (Å²) < 4.78 is 23.8. The lowest BCUT2D eigenvalue weighted by molar-refractivity contribution is -0.218. The van der Waals surface area contributed by atoms with Crippen LogP contribution < -0.4 is 0 Å². The van der Waals surface area contributed by atoms with E-state index in [1.165, 1.54) is 0 Å². The van der Waals surface area contributed by atoms with E-state index in [0.29, 0.717) is 18.1 Å². The highest BCUT2D eigenvalue weighted by atomic mass is 35.5. The van der Waals surface area contributed by atoms with Gasteiger partial charge >= 0.3 is 0 Å². The van der Waals surface area contributed by atoms with Crippen LogP contribution in [0.2, 0.25) is 5.02 Å². The molecule has 0 aromatic heterocycles. The van der Waals surface area contributed by atoms with E-state index in [2.05, 4.69) is 6.92 Å². The molecule has 2 saturated heterocycles. The summed E-state index contributed by atoms with van der Waals surface area (Å²) in [5.74, 6) is -0.723. The zero-order valence-corrected chi connectivity index (χ0v) is 17.5. The zero-order chi connectivity index (χ0) is 19.8. The molecule has 1 aromatic carbocycles. The molecule has 2 heterocycles. The van der Waals surface area contributed by atoms with E-state index < -0.39 is 30.4 Å². The van der Waals surface area contributed by atoms with E-state index in [0.717, 1.165) is 29.5 Å². The molecule has 0 aliphatic carbocycles. The fourth-order valence-electron chi connectivity index (χ4n) is 3.55. The maximum atomic E-state index is 12.6. The Kier molecular flexibility index (Phi) is 6.28. The lowest BCUT2D eigenvalue weighted by atomic mass is 10.0. The average molecular weight is 397 g/mol. The first-order valence-electron chi connectivity index (χ1n) is 9.63. The predicted molar refractivity (Wildman–Crippen MR) is 103 cm³/mol. The predicted octanol–water partition coefficient (Wildman–Crippen LogP) is 4.48. The Morgan fingerprint density at radius 1 is 1.26 bits per heavy atom. The molecule has 27 heavy (non-hydrogen) atoms. The molecular formula is C21H29ClO5. The van der Waals surface area contributed by atoms with Crippen LogP contribution in [0.3, 0.4) is 0 Å². The van der Waals surface area contributed by atoms with E-state index in [-0.39, 0.29) is 5.78 Å². The third-order valence-electron chi connectivity index (χ3n) is 5.25. The molecule has 2 fully saturated rings. The highest BCUT2D eigenvalue weighted by molar-refractivity contribution is 6.32. The number of aryl methyl sites for hydroxylation is 1. The molecule has 6 heteroatoms. The Labute approximate surface area is 166 Å². The van der Waals surface area contributed by atoms with Crippen molar-refractivity contribution in [2.45, 2.75) is 90.9 Å². The number of hydrogen-bond acceptors (Lipinski definition) is 5. The van der Waals surface area contributed by atoms with Gasteiger partial charge in [-0.05, 0) is 50.8 Å². The van der Waals surface area contributed by atoms with Gasteiger partial charge < -0.3 is 18.9 Å². The number of carbonyl (C=O) groups excluding carboxylic acids is 1. The van der Waals surface area contributed by atoms with Crippen molar-refractivity contribution in [3.05, 3.63) is 33.8 Å². The quantitative estimate of drug-likeness (QED) is 0.680. The third kappa shape index (κ3) is 4.38. The Morgan fingerprint density at radius 3 is 2.70 bits per heavy atom. The topological polar surface area (TPSA) is 54.0 Å². The first-order chi connectivity index (χ1) is 12.7. The first-order valence-corrected chi connectivity index (χ1v) is 10.0. The van der Waals surface area contributed by atoms with Crippen molar-refractivity contribution in [3.8, 4) is 0 Å². The van der Waals surface area contributed by atoms with Crippen molar-refractivity contribution in [2.24, 2.45) is 0 Å². The van der Waals surface area contributed by atoms with Crippen LogP contribution in [0, 0.1) is 13.8 Å². The molecule has 0 radical (unpaired) electrons. The van der Waals surface area contributed by atoms with E-state index in [1.807, 2.05) is 39.8 Å². The van der Waals surface area contributed by atoms with Crippen LogP contribution in [0.5, 0.6) is 0 Å². The van der Waals surface area contributed by atoms with Crippen molar-refractivity contribution in [3.63, 3.8) is 0 Å². The van der Waals surface area contributed by atoms with Gasteiger partial charge in [-0.1, -0.05) is 37.1 Å². The number of halogens is 1. The number of unbranched alkanes of at least 4 members (excludes halogenated alkanes) is 1. The normalized spacial score (nSPS) is 29.1. The van der Waals surface area contributed by atoms with Crippen LogP contribution in [0.25, 0.3) is 0 Å². The fraction of sp³-hybridized carbons (Fsp3) is 0.667. The van der Waals surface area contributed by atoms with Gasteiger partial charge in [0.15, 0.2) is 17.9 Å². The van der Waals surface area contributed by atoms with Gasteiger partial charge in [-0.2, -0.15) is 0 Å². The number of benzene rings is 1. The van der Waals surface area contributed by atoms with Gasteiger partial charge in [0.2, 0.25) is 0 Å². The van der Waals surface area contributed by atoms with Gasteiger partial charge in [-0.25, -0.2) is 0 Å². The maximum Gasteiger partial charge on any atom is 0.190 e. The minimum absolute atomic E-state index is 0.0347. The van der Waals surface area contributed by atoms with Crippen molar-refractivity contribution < 1.29 is 23.7 Å². The standard InChI is InChI=1S/C21H29ClO5/c1-6-7-8-15(23)17-18(19-20(25-17)27-21(4,5)26-19)24-11-14-10-9-12(2)13(3)16(14)22/h9-10,17-20H,6-8,11H2,1-5H3/t17-,18+,19-,20-/m1/s1. The van der Waals surface area contributed by atoms with E-state index >= 15 is 0 Å². The second-order valence-corrected chi connectivity index (χ2v) is 8.23. The first kappa shape index (κ1) is 20.7. The summed E-state index contributed by atoms with van der Waals surface area (Å²) in [6, 6.07) is 3.98. The average Bonchev–Trinajstić information content (AvgIpc) is 3.09. The van der Waals surface area contributed by atoms with Crippen LogP contribution in [-0.2, 0) is 30.3 Å². The summed E-state index contributed by atoms with van der Waals surface area (Å²) in [5, 5.41) is 0.697. The van der Waals surface area contributed by atoms with Crippen LogP contribution in [-0.4, -0.2) is 36.2 Å². The molecule has 0 N–H and O–H groups in total. The lowest BCUT2D eigenvalue weighted by Crippen LogP contribution is -2.40. The number of ketones is 1. The molecule has 0 saturated carbocycles. The summed E-state index contributed by atoms with van der Waals surface area (Å²) in [6.45, 7) is 10.0. The Bertz CT molecular complexity index is 702. The number of ether oxygens (including phenoxy) is 4. The fourth-order valence-corrected chi connectivity index (χ4v) is 3.82. The van der Waals surface area contributed by atoms with E-state index in [9.17, 15) is 4.79 Å². The Balaban J connectivity index is 1.76. The molecule has 150 valence electrons. The van der Waals surface area contributed by atoms with Crippen molar-refractivity contribution in [2.75, 3.05) is 0 Å². The van der Waals surface area contributed by atoms with Crippen molar-refractivity contribution in [1.82, 2.24) is 0 Å². The number of Topliss-reactive ketones (excluding diaryl/α,β-unsaturated/α-hetero) is 1. The number of fused-ring (bicyclic) bond motifs is 1. The lowest BCUT2D eigenvalue weighted by Gasteiger charge is -2.25. The second-order valence-electron chi connectivity index (χ2n) is 7.85. The van der Waals surface area contributed by atoms with Crippen LogP contribution in [0.4, 0.5) is 0 Å². The number of hydrogen-bond donors (Lipinski definition) is 0. The monoisotopic (exact) mass is 396 g/mol. The third-order valence-corrected chi connectivity index (χ3v) is 5.78. The Hall–Kier alpha value is -0.980. The van der Waals surface area contributed by atoms with Crippen molar-refractivity contribution >= 4 is 17.4 Å². The summed E-state index contributed by atoms with van der Waals surface area (Å²) in [7, 11) is 0. The molecule has 5 nitrogen and oxygen atoms in total. The summed E-state index contributed by atoms with van der Waals surface area (Å²) in [5.41, 5.74) is 3.06. The molecule has 2 aliphatic rings. The SMILES string of the molecule is CCCCC(=O)[C@H]1O[C@@H]2OC(C)(C)O[C@@H]2[C@H]1OCc1ccc(C)c(C)c1Cl. The summed E-state index contributed by atoms with van der Waals surface area (Å²) in [6.07, 6.45) is 0.0452. The summed E-state index contributed by atoms with van der Waals surface area (Å²) in [4.78, 5) is 12.6. The van der Waals surface area contributed by atoms with Crippen LogP contribution >= 0.6 is 11.6 Å². The van der Waals surface area contributed by atoms with Gasteiger partial charge in [-0.15, -0.1) is 0 Å². The molecule has 1 aromatic rings. The minimum atomic E-state index is -0.757. The number of carbonyl (C=O) groups is 1. The van der Waals surface area contributed by atoms with Crippen LogP contribution in [0.15, 0.2) is 12.1 Å². The van der Waals surface area contributed by atoms with Gasteiger partial charge in [0, 0.05) is 11.4 Å². The van der Waals surface area contributed by atoms with Gasteiger partial charge in [0.25, 0.3) is 0 Å². The summed E-state index contributed by atoms with van der Waals surface area (Å²) >= 11 is 6.47. The minimum Gasteiger partial charge on any atom is -0.367 e. The molecule has 2 aliphatic heterocycles. The molecule has 0 unspecified atom stereocenters. The maximum absolute atomic E-state index is 12.6. The van der Waals surface area contributed by atoms with Crippen LogP contribution in [0.1, 0.15) is 56.7 Å². The smallest absolute Gasteiger partial charge is 0.190 e. The second kappa shape index (κ2) is 8.18. The molecular weight excluding hydrogens is 368 g/mol. The molecule has 0 bridgehead atoms. The van der Waals surface area contributed by atoms with Gasteiger partial charge in [-0.3, -0.25) is 4.79 Å². The van der Waals surface area contributed by atoms with E-state index in [1.54, 1.807) is 0 Å². The zero-order valence-electron chi connectivity index (χ0n) is 16.7. The highest BCUT2D eigenvalue weighted by Crippen LogP contribution is 2.40. The molecule has 3 rings (SSSR count). The van der Waals surface area contributed by atoms with Gasteiger partial charge in [0.05, 0.1) is 6.61 Å². The molecule has 0 amide bonds. The Morgan fingerprint density at radius 2 is 2.00 bits per heavy atom. The number of rotatable bonds is 7. The largest absolute Gasteiger partial charge is 0.367 e. The van der Waals surface area contributed by atoms with Gasteiger partial charge in [0.1, 0.15) is 18.3 Å². The highest BCUT2D eigenvalue weighted by Gasteiger charge is 2.57. The molecule has 0 spiro atoms. The van der Waals surface area contributed by atoms with Crippen molar-refractivity contribution in [1.29, 1.82) is 0 Å². The van der Waals surface area contributed by atoms with E-state index in [4.69, 9.17) is 30.5 Å². The molecule has 4 atom stereocenters.